The maximum absolute atomic E-state index is 11.9. The van der Waals surface area contributed by atoms with Crippen LogP contribution in [0.15, 0.2) is 18.2 Å². The van der Waals surface area contributed by atoms with Gasteiger partial charge in [0.05, 0.1) is 18.1 Å². The fourth-order valence-electron chi connectivity index (χ4n) is 1.37. The van der Waals surface area contributed by atoms with Crippen molar-refractivity contribution in [2.75, 3.05) is 13.7 Å². The molecule has 0 radical (unpaired) electrons. The topological polar surface area (TPSA) is 69.4 Å². The Kier molecular flexibility index (Phi) is 4.80. The molecule has 0 amide bonds. The molecule has 1 atom stereocenters. The number of benzene rings is 1. The van der Waals surface area contributed by atoms with Crippen molar-refractivity contribution in [3.8, 4) is 5.75 Å². The molecule has 0 aliphatic carbocycles. The number of hydrogen-bond donors (Lipinski definition) is 1. The van der Waals surface area contributed by atoms with E-state index in [9.17, 15) is 8.42 Å². The molecule has 0 aliphatic rings. The maximum Gasteiger partial charge on any atom is 0.158 e. The van der Waals surface area contributed by atoms with Crippen molar-refractivity contribution in [1.82, 2.24) is 0 Å². The van der Waals surface area contributed by atoms with Gasteiger partial charge in [0.15, 0.2) is 9.84 Å². The first-order valence-electron chi connectivity index (χ1n) is 5.14. The lowest BCUT2D eigenvalue weighted by atomic mass is 10.2. The molecule has 1 rings (SSSR count). The van der Waals surface area contributed by atoms with Crippen molar-refractivity contribution in [2.24, 2.45) is 5.73 Å². The highest BCUT2D eigenvalue weighted by atomic mass is 35.5. The zero-order chi connectivity index (χ0) is 13.1. The largest absolute Gasteiger partial charge is 0.496 e. The van der Waals surface area contributed by atoms with Crippen molar-refractivity contribution in [3.05, 3.63) is 28.8 Å². The predicted octanol–water partition coefficient (Wildman–Crippen LogP) is 1.61. The summed E-state index contributed by atoms with van der Waals surface area (Å²) in [6.45, 7) is 1.69. The lowest BCUT2D eigenvalue weighted by Gasteiger charge is -2.13. The second-order valence-electron chi connectivity index (χ2n) is 3.81. The number of ether oxygens (including phenoxy) is 1. The number of hydrogen-bond acceptors (Lipinski definition) is 4. The lowest BCUT2D eigenvalue weighted by molar-refractivity contribution is 0.411. The highest BCUT2D eigenvalue weighted by Crippen LogP contribution is 2.25. The fourth-order valence-corrected chi connectivity index (χ4v) is 2.80. The van der Waals surface area contributed by atoms with Crippen LogP contribution in [0.2, 0.25) is 5.02 Å². The van der Waals surface area contributed by atoms with Crippen LogP contribution >= 0.6 is 11.6 Å². The summed E-state index contributed by atoms with van der Waals surface area (Å²) in [6, 6.07) is 4.91. The van der Waals surface area contributed by atoms with Gasteiger partial charge in [0.1, 0.15) is 5.75 Å². The van der Waals surface area contributed by atoms with Gasteiger partial charge in [-0.05, 0) is 25.1 Å². The first-order chi connectivity index (χ1) is 7.90. The molecule has 0 heterocycles. The molecule has 0 spiro atoms. The molecule has 4 nitrogen and oxygen atoms in total. The molecule has 0 saturated carbocycles. The summed E-state index contributed by atoms with van der Waals surface area (Å²) in [5.41, 5.74) is 5.93. The first-order valence-corrected chi connectivity index (χ1v) is 7.24. The smallest absolute Gasteiger partial charge is 0.158 e. The van der Waals surface area contributed by atoms with E-state index < -0.39 is 15.1 Å². The van der Waals surface area contributed by atoms with Gasteiger partial charge in [0.25, 0.3) is 0 Å². The van der Waals surface area contributed by atoms with Gasteiger partial charge in [0, 0.05) is 17.1 Å². The maximum atomic E-state index is 11.9. The van der Waals surface area contributed by atoms with Crippen LogP contribution in [0.3, 0.4) is 0 Å². The van der Waals surface area contributed by atoms with E-state index in [1.807, 2.05) is 0 Å². The van der Waals surface area contributed by atoms with Crippen LogP contribution in [-0.4, -0.2) is 27.3 Å². The minimum absolute atomic E-state index is 0.102. The Bertz CT molecular complexity index is 487. The van der Waals surface area contributed by atoms with Crippen molar-refractivity contribution >= 4 is 21.4 Å². The molecule has 0 aromatic heterocycles. The Morgan fingerprint density at radius 3 is 2.65 bits per heavy atom. The Morgan fingerprint density at radius 1 is 1.47 bits per heavy atom. The summed E-state index contributed by atoms with van der Waals surface area (Å²) in [6.07, 6.45) is 0. The van der Waals surface area contributed by atoms with E-state index in [1.165, 1.54) is 7.11 Å². The first kappa shape index (κ1) is 14.3. The third-order valence-electron chi connectivity index (χ3n) is 2.54. The zero-order valence-corrected chi connectivity index (χ0v) is 11.4. The zero-order valence-electron chi connectivity index (χ0n) is 9.81. The fraction of sp³-hybridized carbons (Fsp3) is 0.455. The van der Waals surface area contributed by atoms with Crippen LogP contribution in [0.1, 0.15) is 12.5 Å². The monoisotopic (exact) mass is 277 g/mol. The van der Waals surface area contributed by atoms with Gasteiger partial charge in [-0.3, -0.25) is 0 Å². The standard InChI is InChI=1S/C11H16ClNO3S/c1-8(6-13)17(14,15)7-9-5-10(12)3-4-11(9)16-2/h3-5,8H,6-7,13H2,1-2H3. The van der Waals surface area contributed by atoms with Gasteiger partial charge >= 0.3 is 0 Å². The summed E-state index contributed by atoms with van der Waals surface area (Å²) in [4.78, 5) is 0. The molecule has 1 unspecified atom stereocenters. The Morgan fingerprint density at radius 2 is 2.12 bits per heavy atom. The number of halogens is 1. The third kappa shape index (κ3) is 3.59. The van der Waals surface area contributed by atoms with E-state index in [4.69, 9.17) is 22.1 Å². The SMILES string of the molecule is COc1ccc(Cl)cc1CS(=O)(=O)C(C)CN. The van der Waals surface area contributed by atoms with Crippen molar-refractivity contribution in [3.63, 3.8) is 0 Å². The summed E-state index contributed by atoms with van der Waals surface area (Å²) in [5.74, 6) is 0.400. The van der Waals surface area contributed by atoms with E-state index in [0.717, 1.165) is 0 Å². The molecule has 0 saturated heterocycles. The molecular formula is C11H16ClNO3S. The lowest BCUT2D eigenvalue weighted by Crippen LogP contribution is -2.27. The molecular weight excluding hydrogens is 262 g/mol. The predicted molar refractivity (Wildman–Crippen MR) is 69.1 cm³/mol. The van der Waals surface area contributed by atoms with E-state index in [1.54, 1.807) is 25.1 Å². The molecule has 1 aromatic carbocycles. The van der Waals surface area contributed by atoms with E-state index in [0.29, 0.717) is 16.3 Å². The van der Waals surface area contributed by atoms with Crippen molar-refractivity contribution in [1.29, 1.82) is 0 Å². The summed E-state index contributed by atoms with van der Waals surface area (Å²) in [7, 11) is -1.78. The number of nitrogens with two attached hydrogens (primary N) is 1. The third-order valence-corrected chi connectivity index (χ3v) is 4.91. The number of rotatable bonds is 5. The Balaban J connectivity index is 3.06. The van der Waals surface area contributed by atoms with Gasteiger partial charge in [-0.1, -0.05) is 11.6 Å². The highest BCUT2D eigenvalue weighted by Gasteiger charge is 2.21. The Hall–Kier alpha value is -0.780. The normalized spacial score (nSPS) is 13.4. The molecule has 96 valence electrons. The van der Waals surface area contributed by atoms with Crippen molar-refractivity contribution < 1.29 is 13.2 Å². The van der Waals surface area contributed by atoms with E-state index in [2.05, 4.69) is 0 Å². The van der Waals surface area contributed by atoms with E-state index in [-0.39, 0.29) is 12.3 Å². The quantitative estimate of drug-likeness (QED) is 0.888. The van der Waals surface area contributed by atoms with Crippen molar-refractivity contribution in [2.45, 2.75) is 17.9 Å². The Labute approximate surface area is 107 Å². The molecule has 2 N–H and O–H groups in total. The van der Waals surface area contributed by atoms with E-state index >= 15 is 0 Å². The van der Waals surface area contributed by atoms with Gasteiger partial charge in [0.2, 0.25) is 0 Å². The molecule has 17 heavy (non-hydrogen) atoms. The van der Waals surface area contributed by atoms with Gasteiger partial charge in [-0.15, -0.1) is 0 Å². The molecule has 6 heteroatoms. The average molecular weight is 278 g/mol. The molecule has 0 aliphatic heterocycles. The highest BCUT2D eigenvalue weighted by molar-refractivity contribution is 7.91. The number of methoxy groups -OCH3 is 1. The molecule has 0 bridgehead atoms. The molecule has 0 fully saturated rings. The average Bonchev–Trinajstić information content (AvgIpc) is 2.27. The minimum Gasteiger partial charge on any atom is -0.496 e. The van der Waals surface area contributed by atoms with Crippen LogP contribution in [0.5, 0.6) is 5.75 Å². The van der Waals surface area contributed by atoms with Gasteiger partial charge in [-0.25, -0.2) is 8.42 Å². The van der Waals surface area contributed by atoms with Crippen LogP contribution < -0.4 is 10.5 Å². The van der Waals surface area contributed by atoms with Crippen LogP contribution in [-0.2, 0) is 15.6 Å². The molecule has 1 aromatic rings. The second kappa shape index (κ2) is 5.71. The summed E-state index contributed by atoms with van der Waals surface area (Å²) in [5, 5.41) is -0.0948. The van der Waals surface area contributed by atoms with Crippen LogP contribution in [0, 0.1) is 0 Å². The van der Waals surface area contributed by atoms with Gasteiger partial charge in [-0.2, -0.15) is 0 Å². The summed E-state index contributed by atoms with van der Waals surface area (Å²) >= 11 is 5.84. The van der Waals surface area contributed by atoms with Crippen LogP contribution in [0.25, 0.3) is 0 Å². The second-order valence-corrected chi connectivity index (χ2v) is 6.67. The van der Waals surface area contributed by atoms with Crippen LogP contribution in [0.4, 0.5) is 0 Å². The minimum atomic E-state index is -3.28. The van der Waals surface area contributed by atoms with Gasteiger partial charge < -0.3 is 10.5 Å². The summed E-state index contributed by atoms with van der Waals surface area (Å²) < 4.78 is 29.0. The number of sulfone groups is 1.